The van der Waals surface area contributed by atoms with Crippen LogP contribution >= 0.6 is 23.5 Å². The van der Waals surface area contributed by atoms with Crippen LogP contribution in [0.15, 0.2) is 23.1 Å². The summed E-state index contributed by atoms with van der Waals surface area (Å²) in [5.41, 5.74) is 0.731. The van der Waals surface area contributed by atoms with Crippen LogP contribution in [0.1, 0.15) is 12.5 Å². The molecule has 27 heavy (non-hydrogen) atoms. The van der Waals surface area contributed by atoms with Crippen molar-refractivity contribution < 1.29 is 23.9 Å². The summed E-state index contributed by atoms with van der Waals surface area (Å²) in [5.74, 6) is 1.04. The van der Waals surface area contributed by atoms with Crippen LogP contribution < -0.4 is 14.8 Å². The van der Waals surface area contributed by atoms with Gasteiger partial charge in [-0.3, -0.25) is 19.3 Å². The highest BCUT2D eigenvalue weighted by Gasteiger charge is 2.34. The molecular formula is C18H22N2O5S2. The van der Waals surface area contributed by atoms with Crippen molar-refractivity contribution in [1.29, 1.82) is 0 Å². The Balaban J connectivity index is 2.06. The van der Waals surface area contributed by atoms with Crippen LogP contribution in [0.25, 0.3) is 6.08 Å². The summed E-state index contributed by atoms with van der Waals surface area (Å²) < 4.78 is 10.8. The average Bonchev–Trinajstić information content (AvgIpc) is 2.90. The molecule has 0 unspecified atom stereocenters. The molecule has 0 atom stereocenters. The van der Waals surface area contributed by atoms with E-state index in [-0.39, 0.29) is 30.1 Å². The van der Waals surface area contributed by atoms with Crippen molar-refractivity contribution in [3.05, 3.63) is 28.7 Å². The maximum absolute atomic E-state index is 12.5. The van der Waals surface area contributed by atoms with Gasteiger partial charge in [-0.25, -0.2) is 0 Å². The third-order valence-corrected chi connectivity index (χ3v) is 5.05. The first kappa shape index (κ1) is 21.2. The van der Waals surface area contributed by atoms with Gasteiger partial charge in [0.1, 0.15) is 0 Å². The lowest BCUT2D eigenvalue weighted by Crippen LogP contribution is -2.37. The fourth-order valence-electron chi connectivity index (χ4n) is 2.38. The molecule has 9 heteroatoms. The maximum Gasteiger partial charge on any atom is 0.293 e. The Morgan fingerprint density at radius 2 is 2.11 bits per heavy atom. The first-order valence-corrected chi connectivity index (χ1v) is 10.5. The number of carbonyl (C=O) groups excluding carboxylic acids is 3. The summed E-state index contributed by atoms with van der Waals surface area (Å²) in [6, 6.07) is 5.31. The topological polar surface area (TPSA) is 84.9 Å². The lowest BCUT2D eigenvalue weighted by Gasteiger charge is -2.12. The summed E-state index contributed by atoms with van der Waals surface area (Å²) in [4.78, 5) is 37.5. The molecule has 0 spiro atoms. The second-order valence-corrected chi connectivity index (χ2v) is 7.32. The first-order chi connectivity index (χ1) is 13.0. The maximum atomic E-state index is 12.5. The minimum atomic E-state index is -0.364. The third-order valence-electron chi connectivity index (χ3n) is 3.59. The fourth-order valence-corrected chi connectivity index (χ4v) is 3.61. The molecule has 0 bridgehead atoms. The van der Waals surface area contributed by atoms with Gasteiger partial charge < -0.3 is 14.8 Å². The van der Waals surface area contributed by atoms with Gasteiger partial charge in [-0.1, -0.05) is 6.07 Å². The minimum absolute atomic E-state index is 0.119. The summed E-state index contributed by atoms with van der Waals surface area (Å²) in [6.07, 6.45) is 3.48. The molecule has 1 fully saturated rings. The average molecular weight is 411 g/mol. The molecule has 0 radical (unpaired) electrons. The Morgan fingerprint density at radius 3 is 2.78 bits per heavy atom. The Labute approximate surface area is 166 Å². The molecule has 1 saturated heterocycles. The van der Waals surface area contributed by atoms with Gasteiger partial charge in [-0.15, -0.1) is 0 Å². The largest absolute Gasteiger partial charge is 0.493 e. The van der Waals surface area contributed by atoms with E-state index in [2.05, 4.69) is 5.32 Å². The molecule has 3 amide bonds. The minimum Gasteiger partial charge on any atom is -0.493 e. The summed E-state index contributed by atoms with van der Waals surface area (Å²) in [6.45, 7) is 2.78. The van der Waals surface area contributed by atoms with Crippen molar-refractivity contribution in [1.82, 2.24) is 10.2 Å². The Bertz CT molecular complexity index is 751. The molecular weight excluding hydrogens is 388 g/mol. The Morgan fingerprint density at radius 1 is 1.33 bits per heavy atom. The standard InChI is InChI=1S/C18H22N2O5S2/c1-4-25-13-6-5-12(9-14(13)24-2)10-15-17(22)20(18(23)27-15)8-7-19-16(21)11-26-3/h5-6,9-10H,4,7-8,11H2,1-3H3,(H,19,21)/b15-10-. The molecule has 7 nitrogen and oxygen atoms in total. The summed E-state index contributed by atoms with van der Waals surface area (Å²) in [5, 5.41) is 2.34. The van der Waals surface area contributed by atoms with Crippen molar-refractivity contribution in [3.63, 3.8) is 0 Å². The van der Waals surface area contributed by atoms with Gasteiger partial charge in [-0.05, 0) is 48.7 Å². The highest BCUT2D eigenvalue weighted by molar-refractivity contribution is 8.18. The van der Waals surface area contributed by atoms with Crippen molar-refractivity contribution in [3.8, 4) is 11.5 Å². The highest BCUT2D eigenvalue weighted by Crippen LogP contribution is 2.34. The molecule has 1 aromatic carbocycles. The normalized spacial score (nSPS) is 15.4. The smallest absolute Gasteiger partial charge is 0.293 e. The number of nitrogens with zero attached hydrogens (tertiary/aromatic N) is 1. The molecule has 1 aliphatic heterocycles. The second kappa shape index (κ2) is 10.3. The fraction of sp³-hybridized carbons (Fsp3) is 0.389. The number of methoxy groups -OCH3 is 1. The zero-order valence-electron chi connectivity index (χ0n) is 15.4. The van der Waals surface area contributed by atoms with E-state index in [1.165, 1.54) is 11.8 Å². The van der Waals surface area contributed by atoms with Gasteiger partial charge in [-0.2, -0.15) is 11.8 Å². The summed E-state index contributed by atoms with van der Waals surface area (Å²) >= 11 is 2.29. The van der Waals surface area contributed by atoms with E-state index in [0.717, 1.165) is 22.2 Å². The van der Waals surface area contributed by atoms with Crippen molar-refractivity contribution in [2.75, 3.05) is 38.8 Å². The van der Waals surface area contributed by atoms with Crippen LogP contribution in [-0.2, 0) is 9.59 Å². The predicted molar refractivity (Wildman–Crippen MR) is 108 cm³/mol. The number of ether oxygens (including phenoxy) is 2. The lowest BCUT2D eigenvalue weighted by atomic mass is 10.2. The van der Waals surface area contributed by atoms with E-state index in [1.807, 2.05) is 13.2 Å². The first-order valence-electron chi connectivity index (χ1n) is 8.32. The van der Waals surface area contributed by atoms with Crippen LogP contribution in [0.5, 0.6) is 11.5 Å². The number of hydrogen-bond donors (Lipinski definition) is 1. The van der Waals surface area contributed by atoms with E-state index in [4.69, 9.17) is 9.47 Å². The molecule has 1 N–H and O–H groups in total. The van der Waals surface area contributed by atoms with Gasteiger partial charge in [0.2, 0.25) is 5.91 Å². The third kappa shape index (κ3) is 5.67. The van der Waals surface area contributed by atoms with Gasteiger partial charge in [0.25, 0.3) is 11.1 Å². The van der Waals surface area contributed by atoms with Crippen LogP contribution in [0, 0.1) is 0 Å². The van der Waals surface area contributed by atoms with E-state index in [1.54, 1.807) is 31.4 Å². The second-order valence-electron chi connectivity index (χ2n) is 5.46. The van der Waals surface area contributed by atoms with Crippen LogP contribution in [0.2, 0.25) is 0 Å². The quantitative estimate of drug-likeness (QED) is 0.627. The van der Waals surface area contributed by atoms with Crippen LogP contribution in [0.3, 0.4) is 0 Å². The molecule has 146 valence electrons. The number of amides is 3. The molecule has 1 aliphatic rings. The van der Waals surface area contributed by atoms with Gasteiger partial charge >= 0.3 is 0 Å². The number of hydrogen-bond acceptors (Lipinski definition) is 7. The highest BCUT2D eigenvalue weighted by atomic mass is 32.2. The molecule has 1 aromatic rings. The zero-order valence-corrected chi connectivity index (χ0v) is 17.1. The molecule has 0 aromatic heterocycles. The van der Waals surface area contributed by atoms with Crippen LogP contribution in [-0.4, -0.2) is 60.8 Å². The van der Waals surface area contributed by atoms with Crippen molar-refractivity contribution >= 4 is 46.7 Å². The Hall–Kier alpha value is -2.13. The number of carbonyl (C=O) groups is 3. The van der Waals surface area contributed by atoms with E-state index < -0.39 is 0 Å². The van der Waals surface area contributed by atoms with Crippen LogP contribution in [0.4, 0.5) is 4.79 Å². The molecule has 1 heterocycles. The number of rotatable bonds is 9. The monoisotopic (exact) mass is 410 g/mol. The number of thioether (sulfide) groups is 2. The lowest BCUT2D eigenvalue weighted by molar-refractivity contribution is -0.123. The molecule has 0 aliphatic carbocycles. The van der Waals surface area contributed by atoms with Crippen molar-refractivity contribution in [2.24, 2.45) is 0 Å². The van der Waals surface area contributed by atoms with Crippen molar-refractivity contribution in [2.45, 2.75) is 6.92 Å². The SMILES string of the molecule is CCOc1ccc(/C=C2\SC(=O)N(CCNC(=O)CSC)C2=O)cc1OC. The Kier molecular flexibility index (Phi) is 8.05. The van der Waals surface area contributed by atoms with Gasteiger partial charge in [0, 0.05) is 13.1 Å². The molecule has 0 saturated carbocycles. The number of benzene rings is 1. The summed E-state index contributed by atoms with van der Waals surface area (Å²) in [7, 11) is 1.54. The van der Waals surface area contributed by atoms with E-state index in [0.29, 0.717) is 28.8 Å². The van der Waals surface area contributed by atoms with Gasteiger partial charge in [0.15, 0.2) is 11.5 Å². The number of imide groups is 1. The zero-order chi connectivity index (χ0) is 19.8. The predicted octanol–water partition coefficient (Wildman–Crippen LogP) is 2.61. The van der Waals surface area contributed by atoms with E-state index >= 15 is 0 Å². The molecule has 2 rings (SSSR count). The van der Waals surface area contributed by atoms with E-state index in [9.17, 15) is 14.4 Å². The van der Waals surface area contributed by atoms with Gasteiger partial charge in [0.05, 0.1) is 24.4 Å². The number of nitrogens with one attached hydrogen (secondary N) is 1.